The summed E-state index contributed by atoms with van der Waals surface area (Å²) in [5.41, 5.74) is -0.629. The Kier molecular flexibility index (Phi) is 2.92. The topological polar surface area (TPSA) is 29.3 Å². The predicted octanol–water partition coefficient (Wildman–Crippen LogP) is 2.67. The first-order valence-corrected chi connectivity index (χ1v) is 4.05. The van der Waals surface area contributed by atoms with Gasteiger partial charge in [-0.05, 0) is 18.2 Å². The van der Waals surface area contributed by atoms with Crippen LogP contribution in [0.15, 0.2) is 18.2 Å². The van der Waals surface area contributed by atoms with Gasteiger partial charge in [0.1, 0.15) is 0 Å². The monoisotopic (exact) mass is 224 g/mol. The minimum atomic E-state index is -4.38. The zero-order valence-corrected chi connectivity index (χ0v) is 8.02. The number of alkyl halides is 3. The van der Waals surface area contributed by atoms with Crippen LogP contribution >= 0.6 is 11.6 Å². The van der Waals surface area contributed by atoms with Crippen molar-refractivity contribution < 1.29 is 13.2 Å². The number of nitrogens with two attached hydrogens (primary N) is 1. The van der Waals surface area contributed by atoms with Crippen molar-refractivity contribution in [2.24, 2.45) is 5.84 Å². The molecule has 0 aromatic heterocycles. The maximum Gasteiger partial charge on any atom is 0.416 e. The Morgan fingerprint density at radius 3 is 2.36 bits per heavy atom. The van der Waals surface area contributed by atoms with Crippen LogP contribution in [-0.2, 0) is 6.18 Å². The van der Waals surface area contributed by atoms with Crippen LogP contribution in [0.4, 0.5) is 18.9 Å². The summed E-state index contributed by atoms with van der Waals surface area (Å²) in [6, 6.07) is 2.99. The Bertz CT molecular complexity index is 336. The van der Waals surface area contributed by atoms with Gasteiger partial charge in [-0.2, -0.15) is 13.2 Å². The number of benzene rings is 1. The molecule has 1 aromatic rings. The first-order valence-electron chi connectivity index (χ1n) is 3.67. The van der Waals surface area contributed by atoms with Gasteiger partial charge in [-0.25, -0.2) is 5.84 Å². The Morgan fingerprint density at radius 2 is 1.93 bits per heavy atom. The lowest BCUT2D eigenvalue weighted by molar-refractivity contribution is -0.137. The van der Waals surface area contributed by atoms with Gasteiger partial charge in [0.25, 0.3) is 0 Å². The number of hydrazine groups is 1. The van der Waals surface area contributed by atoms with Crippen LogP contribution in [0.1, 0.15) is 5.56 Å². The molecule has 0 saturated carbocycles. The van der Waals surface area contributed by atoms with Crippen molar-refractivity contribution in [1.29, 1.82) is 0 Å². The van der Waals surface area contributed by atoms with Crippen molar-refractivity contribution in [3.8, 4) is 0 Å². The Hall–Kier alpha value is -0.940. The average Bonchev–Trinajstić information content (AvgIpc) is 2.02. The Labute approximate surface area is 84.0 Å². The lowest BCUT2D eigenvalue weighted by Gasteiger charge is -2.16. The highest BCUT2D eigenvalue weighted by Gasteiger charge is 2.31. The predicted molar refractivity (Wildman–Crippen MR) is 49.0 cm³/mol. The van der Waals surface area contributed by atoms with Crippen LogP contribution in [0.3, 0.4) is 0 Å². The highest BCUT2D eigenvalue weighted by atomic mass is 35.5. The number of nitrogens with zero attached hydrogens (tertiary/aromatic N) is 1. The van der Waals surface area contributed by atoms with Crippen molar-refractivity contribution in [2.75, 3.05) is 12.1 Å². The first-order chi connectivity index (χ1) is 6.32. The number of hydrogen-bond acceptors (Lipinski definition) is 2. The molecule has 0 aliphatic heterocycles. The zero-order valence-electron chi connectivity index (χ0n) is 7.27. The smallest absolute Gasteiger partial charge is 0.313 e. The number of halogens is 4. The molecule has 1 rings (SSSR count). The first kappa shape index (κ1) is 11.1. The number of rotatable bonds is 1. The average molecular weight is 225 g/mol. The van der Waals surface area contributed by atoms with E-state index in [9.17, 15) is 13.2 Å². The van der Waals surface area contributed by atoms with Crippen LogP contribution in [-0.4, -0.2) is 7.05 Å². The molecule has 0 heterocycles. The third-order valence-corrected chi connectivity index (χ3v) is 1.97. The molecule has 2 nitrogen and oxygen atoms in total. The minimum Gasteiger partial charge on any atom is -0.313 e. The summed E-state index contributed by atoms with van der Waals surface area (Å²) in [6.45, 7) is 0. The largest absolute Gasteiger partial charge is 0.416 e. The van der Waals surface area contributed by atoms with Gasteiger partial charge in [0.2, 0.25) is 0 Å². The second-order valence-corrected chi connectivity index (χ2v) is 3.18. The fraction of sp³-hybridized carbons (Fsp3) is 0.250. The van der Waals surface area contributed by atoms with Gasteiger partial charge >= 0.3 is 6.18 Å². The molecule has 0 unspecified atom stereocenters. The van der Waals surface area contributed by atoms with Crippen molar-refractivity contribution in [1.82, 2.24) is 0 Å². The molecule has 1 aromatic carbocycles. The third kappa shape index (κ3) is 2.30. The molecule has 0 atom stereocenters. The maximum atomic E-state index is 12.3. The lowest BCUT2D eigenvalue weighted by Crippen LogP contribution is -2.25. The summed E-state index contributed by atoms with van der Waals surface area (Å²) >= 11 is 5.65. The molecule has 0 aliphatic rings. The fourth-order valence-corrected chi connectivity index (χ4v) is 1.21. The second kappa shape index (κ2) is 3.67. The number of hydrogen-bond donors (Lipinski definition) is 1. The minimum absolute atomic E-state index is 0.140. The summed E-state index contributed by atoms with van der Waals surface area (Å²) in [6.07, 6.45) is -4.38. The number of anilines is 1. The zero-order chi connectivity index (χ0) is 10.9. The van der Waals surface area contributed by atoms with Crippen molar-refractivity contribution in [2.45, 2.75) is 6.18 Å². The van der Waals surface area contributed by atoms with Gasteiger partial charge in [0.05, 0.1) is 16.3 Å². The van der Waals surface area contributed by atoms with E-state index in [4.69, 9.17) is 17.4 Å². The molecule has 0 aliphatic carbocycles. The van der Waals surface area contributed by atoms with Gasteiger partial charge in [0.15, 0.2) is 0 Å². The van der Waals surface area contributed by atoms with Gasteiger partial charge < -0.3 is 5.01 Å². The van der Waals surface area contributed by atoms with E-state index in [-0.39, 0.29) is 10.7 Å². The Balaban J connectivity index is 3.20. The SMILES string of the molecule is CN(N)c1cc(C(F)(F)F)ccc1Cl. The molecule has 0 fully saturated rings. The van der Waals surface area contributed by atoms with Gasteiger partial charge in [0, 0.05) is 7.05 Å². The van der Waals surface area contributed by atoms with E-state index in [0.29, 0.717) is 0 Å². The summed E-state index contributed by atoms with van der Waals surface area (Å²) in [5, 5.41) is 1.22. The van der Waals surface area contributed by atoms with E-state index in [1.165, 1.54) is 13.1 Å². The van der Waals surface area contributed by atoms with Gasteiger partial charge in [-0.1, -0.05) is 11.6 Å². The summed E-state index contributed by atoms with van der Waals surface area (Å²) < 4.78 is 36.8. The van der Waals surface area contributed by atoms with Crippen LogP contribution in [0.25, 0.3) is 0 Å². The Morgan fingerprint density at radius 1 is 1.36 bits per heavy atom. The van der Waals surface area contributed by atoms with Crippen LogP contribution in [0, 0.1) is 0 Å². The summed E-state index contributed by atoms with van der Waals surface area (Å²) in [4.78, 5) is 0. The quantitative estimate of drug-likeness (QED) is 0.587. The van der Waals surface area contributed by atoms with Gasteiger partial charge in [-0.3, -0.25) is 0 Å². The van der Waals surface area contributed by atoms with Crippen molar-refractivity contribution >= 4 is 17.3 Å². The van der Waals surface area contributed by atoms with E-state index in [1.54, 1.807) is 0 Å². The molecule has 0 spiro atoms. The van der Waals surface area contributed by atoms with E-state index >= 15 is 0 Å². The van der Waals surface area contributed by atoms with E-state index in [1.807, 2.05) is 0 Å². The molecule has 0 radical (unpaired) electrons. The molecular formula is C8H8ClF3N2. The van der Waals surface area contributed by atoms with Gasteiger partial charge in [-0.15, -0.1) is 0 Å². The molecule has 0 amide bonds. The van der Waals surface area contributed by atoms with Crippen LogP contribution in [0.5, 0.6) is 0 Å². The molecular weight excluding hydrogens is 217 g/mol. The summed E-state index contributed by atoms with van der Waals surface area (Å²) in [5.74, 6) is 5.31. The standard InChI is InChI=1S/C8H8ClF3N2/c1-14(13)7-4-5(8(10,11)12)2-3-6(7)9/h2-4H,13H2,1H3. The van der Waals surface area contributed by atoms with Crippen LogP contribution < -0.4 is 10.9 Å². The summed E-state index contributed by atoms with van der Waals surface area (Å²) in [7, 11) is 1.42. The third-order valence-electron chi connectivity index (χ3n) is 1.65. The van der Waals surface area contributed by atoms with Crippen molar-refractivity contribution in [3.63, 3.8) is 0 Å². The van der Waals surface area contributed by atoms with E-state index in [0.717, 1.165) is 17.1 Å². The van der Waals surface area contributed by atoms with Crippen LogP contribution in [0.2, 0.25) is 5.02 Å². The van der Waals surface area contributed by atoms with E-state index < -0.39 is 11.7 Å². The molecule has 6 heteroatoms. The van der Waals surface area contributed by atoms with Crippen molar-refractivity contribution in [3.05, 3.63) is 28.8 Å². The molecule has 78 valence electrons. The molecule has 14 heavy (non-hydrogen) atoms. The highest BCUT2D eigenvalue weighted by Crippen LogP contribution is 2.34. The van der Waals surface area contributed by atoms with E-state index in [2.05, 4.69) is 0 Å². The normalized spacial score (nSPS) is 11.6. The highest BCUT2D eigenvalue weighted by molar-refractivity contribution is 6.33. The lowest BCUT2D eigenvalue weighted by atomic mass is 10.2. The molecule has 0 saturated heterocycles. The molecule has 0 bridgehead atoms. The maximum absolute atomic E-state index is 12.3. The second-order valence-electron chi connectivity index (χ2n) is 2.77. The molecule has 2 N–H and O–H groups in total. The fourth-order valence-electron chi connectivity index (χ4n) is 0.959.